The molecule has 0 aliphatic heterocycles. The Hall–Kier alpha value is -2.89. The summed E-state index contributed by atoms with van der Waals surface area (Å²) in [7, 11) is 0. The van der Waals surface area contributed by atoms with Gasteiger partial charge in [-0.1, -0.05) is 23.8 Å². The summed E-state index contributed by atoms with van der Waals surface area (Å²) in [6, 6.07) is 12.8. The molecule has 2 aromatic rings. The Bertz CT molecular complexity index is 770. The van der Waals surface area contributed by atoms with Crippen LogP contribution in [0.3, 0.4) is 0 Å². The zero-order chi connectivity index (χ0) is 18.6. The van der Waals surface area contributed by atoms with Gasteiger partial charge in [-0.2, -0.15) is 0 Å². The standard InChI is InChI=1S/C19H23N3O3/c1-13(2)21(16-10-8-14(3)9-11-16)12-19(23)20-17-6-5-7-18(15(17)4)22(24)25/h5-11,13H,12H2,1-4H3,(H,20,23). The van der Waals surface area contributed by atoms with E-state index in [1.165, 1.54) is 6.07 Å². The summed E-state index contributed by atoms with van der Waals surface area (Å²) in [6.07, 6.45) is 0. The van der Waals surface area contributed by atoms with Crippen molar-refractivity contribution in [3.8, 4) is 0 Å². The maximum Gasteiger partial charge on any atom is 0.274 e. The number of nitrogens with zero attached hydrogens (tertiary/aromatic N) is 2. The smallest absolute Gasteiger partial charge is 0.274 e. The zero-order valence-corrected chi connectivity index (χ0v) is 14.9. The van der Waals surface area contributed by atoms with Gasteiger partial charge in [-0.25, -0.2) is 0 Å². The topological polar surface area (TPSA) is 75.5 Å². The number of amides is 1. The second-order valence-corrected chi connectivity index (χ2v) is 6.31. The van der Waals surface area contributed by atoms with E-state index in [1.807, 2.05) is 49.9 Å². The first-order valence-corrected chi connectivity index (χ1v) is 8.16. The van der Waals surface area contributed by atoms with Gasteiger partial charge in [0.2, 0.25) is 5.91 Å². The van der Waals surface area contributed by atoms with Gasteiger partial charge in [0.05, 0.1) is 22.7 Å². The van der Waals surface area contributed by atoms with Crippen LogP contribution in [0.5, 0.6) is 0 Å². The van der Waals surface area contributed by atoms with Crippen LogP contribution in [0.1, 0.15) is 25.0 Å². The van der Waals surface area contributed by atoms with Gasteiger partial charge >= 0.3 is 0 Å². The first-order chi connectivity index (χ1) is 11.8. The second kappa shape index (κ2) is 7.79. The lowest BCUT2D eigenvalue weighted by molar-refractivity contribution is -0.385. The molecular weight excluding hydrogens is 318 g/mol. The molecule has 25 heavy (non-hydrogen) atoms. The van der Waals surface area contributed by atoms with Crippen LogP contribution < -0.4 is 10.2 Å². The van der Waals surface area contributed by atoms with E-state index in [1.54, 1.807) is 19.1 Å². The maximum atomic E-state index is 12.5. The fourth-order valence-corrected chi connectivity index (χ4v) is 2.61. The Morgan fingerprint density at radius 3 is 2.36 bits per heavy atom. The fourth-order valence-electron chi connectivity index (χ4n) is 2.61. The lowest BCUT2D eigenvalue weighted by Crippen LogP contribution is -2.38. The summed E-state index contributed by atoms with van der Waals surface area (Å²) < 4.78 is 0. The van der Waals surface area contributed by atoms with Crippen molar-refractivity contribution in [3.63, 3.8) is 0 Å². The van der Waals surface area contributed by atoms with Crippen molar-refractivity contribution in [2.75, 3.05) is 16.8 Å². The minimum absolute atomic E-state index is 0.00273. The lowest BCUT2D eigenvalue weighted by Gasteiger charge is -2.28. The Labute approximate surface area is 147 Å². The van der Waals surface area contributed by atoms with Crippen molar-refractivity contribution >= 4 is 23.0 Å². The minimum atomic E-state index is -0.447. The average Bonchev–Trinajstić information content (AvgIpc) is 2.55. The van der Waals surface area contributed by atoms with E-state index in [0.29, 0.717) is 11.3 Å². The number of benzene rings is 2. The van der Waals surface area contributed by atoms with Crippen LogP contribution in [-0.4, -0.2) is 23.4 Å². The number of carbonyl (C=O) groups excluding carboxylic acids is 1. The number of hydrogen-bond acceptors (Lipinski definition) is 4. The van der Waals surface area contributed by atoms with Crippen LogP contribution in [-0.2, 0) is 4.79 Å². The van der Waals surface area contributed by atoms with Gasteiger partial charge in [-0.05, 0) is 45.9 Å². The highest BCUT2D eigenvalue weighted by Crippen LogP contribution is 2.25. The van der Waals surface area contributed by atoms with E-state index in [0.717, 1.165) is 11.3 Å². The van der Waals surface area contributed by atoms with Gasteiger partial charge in [-0.15, -0.1) is 0 Å². The number of hydrogen-bond donors (Lipinski definition) is 1. The number of rotatable bonds is 6. The van der Waals surface area contributed by atoms with Crippen molar-refractivity contribution in [3.05, 3.63) is 63.7 Å². The number of nitro groups is 1. The number of carbonyl (C=O) groups is 1. The van der Waals surface area contributed by atoms with Crippen LogP contribution in [0.25, 0.3) is 0 Å². The van der Waals surface area contributed by atoms with Crippen molar-refractivity contribution in [1.82, 2.24) is 0 Å². The first-order valence-electron chi connectivity index (χ1n) is 8.16. The van der Waals surface area contributed by atoms with E-state index < -0.39 is 4.92 Å². The van der Waals surface area contributed by atoms with Crippen LogP contribution in [0.2, 0.25) is 0 Å². The van der Waals surface area contributed by atoms with Gasteiger partial charge in [0.25, 0.3) is 5.69 Å². The molecule has 1 amide bonds. The maximum absolute atomic E-state index is 12.5. The highest BCUT2D eigenvalue weighted by molar-refractivity contribution is 5.95. The average molecular weight is 341 g/mol. The molecule has 2 aromatic carbocycles. The monoisotopic (exact) mass is 341 g/mol. The van der Waals surface area contributed by atoms with E-state index >= 15 is 0 Å². The van der Waals surface area contributed by atoms with Gasteiger partial charge < -0.3 is 10.2 Å². The third-order valence-corrected chi connectivity index (χ3v) is 4.08. The molecule has 132 valence electrons. The van der Waals surface area contributed by atoms with E-state index in [-0.39, 0.29) is 24.2 Å². The molecule has 0 radical (unpaired) electrons. The van der Waals surface area contributed by atoms with Crippen LogP contribution in [0.15, 0.2) is 42.5 Å². The highest BCUT2D eigenvalue weighted by Gasteiger charge is 2.18. The summed E-state index contributed by atoms with van der Waals surface area (Å²) in [4.78, 5) is 25.0. The minimum Gasteiger partial charge on any atom is -0.360 e. The summed E-state index contributed by atoms with van der Waals surface area (Å²) in [5, 5.41) is 13.8. The molecule has 0 aliphatic rings. The Morgan fingerprint density at radius 1 is 1.16 bits per heavy atom. The first kappa shape index (κ1) is 18.4. The normalized spacial score (nSPS) is 10.6. The molecule has 1 N–H and O–H groups in total. The second-order valence-electron chi connectivity index (χ2n) is 6.31. The Morgan fingerprint density at radius 2 is 1.80 bits per heavy atom. The van der Waals surface area contributed by atoms with Crippen molar-refractivity contribution in [1.29, 1.82) is 0 Å². The largest absolute Gasteiger partial charge is 0.360 e. The molecule has 0 saturated heterocycles. The van der Waals surface area contributed by atoms with Gasteiger partial charge in [0, 0.05) is 17.8 Å². The molecule has 0 heterocycles. The molecule has 6 nitrogen and oxygen atoms in total. The third kappa shape index (κ3) is 4.56. The van der Waals surface area contributed by atoms with Crippen molar-refractivity contribution in [2.45, 2.75) is 33.7 Å². The molecule has 0 bridgehead atoms. The molecular formula is C19H23N3O3. The van der Waals surface area contributed by atoms with Crippen LogP contribution in [0.4, 0.5) is 17.1 Å². The molecule has 0 unspecified atom stereocenters. The van der Waals surface area contributed by atoms with E-state index in [9.17, 15) is 14.9 Å². The highest BCUT2D eigenvalue weighted by atomic mass is 16.6. The van der Waals surface area contributed by atoms with Crippen molar-refractivity contribution < 1.29 is 9.72 Å². The molecule has 0 atom stereocenters. The molecule has 0 aliphatic carbocycles. The van der Waals surface area contributed by atoms with Crippen LogP contribution in [0, 0.1) is 24.0 Å². The summed E-state index contributed by atoms with van der Waals surface area (Å²) >= 11 is 0. The SMILES string of the molecule is Cc1ccc(N(CC(=O)Nc2cccc([N+](=O)[O-])c2C)C(C)C)cc1. The van der Waals surface area contributed by atoms with Gasteiger partial charge in [0.15, 0.2) is 0 Å². The molecule has 0 saturated carbocycles. The number of nitrogens with one attached hydrogen (secondary N) is 1. The third-order valence-electron chi connectivity index (χ3n) is 4.08. The summed E-state index contributed by atoms with van der Waals surface area (Å²) in [5.74, 6) is -0.210. The molecule has 0 aromatic heterocycles. The summed E-state index contributed by atoms with van der Waals surface area (Å²) in [5.41, 5.74) is 3.03. The quantitative estimate of drug-likeness (QED) is 0.635. The van der Waals surface area contributed by atoms with E-state index in [2.05, 4.69) is 5.32 Å². The number of aryl methyl sites for hydroxylation is 1. The Kier molecular flexibility index (Phi) is 5.75. The Balaban J connectivity index is 2.16. The number of anilines is 2. The lowest BCUT2D eigenvalue weighted by atomic mass is 10.1. The predicted octanol–water partition coefficient (Wildman–Crippen LogP) is 4.07. The molecule has 6 heteroatoms. The molecule has 0 spiro atoms. The number of nitro benzene ring substituents is 1. The summed E-state index contributed by atoms with van der Waals surface area (Å²) in [6.45, 7) is 7.86. The predicted molar refractivity (Wildman–Crippen MR) is 100 cm³/mol. The van der Waals surface area contributed by atoms with E-state index in [4.69, 9.17) is 0 Å². The molecule has 2 rings (SSSR count). The van der Waals surface area contributed by atoms with Gasteiger partial charge in [-0.3, -0.25) is 14.9 Å². The van der Waals surface area contributed by atoms with Crippen molar-refractivity contribution in [2.24, 2.45) is 0 Å². The van der Waals surface area contributed by atoms with Crippen LogP contribution >= 0.6 is 0 Å². The zero-order valence-electron chi connectivity index (χ0n) is 14.9. The van der Waals surface area contributed by atoms with Gasteiger partial charge in [0.1, 0.15) is 0 Å². The molecule has 0 fully saturated rings. The fraction of sp³-hybridized carbons (Fsp3) is 0.316.